The maximum atomic E-state index is 13.4. The molecule has 0 spiro atoms. The van der Waals surface area contributed by atoms with Crippen molar-refractivity contribution in [3.8, 4) is 0 Å². The molecule has 0 saturated carbocycles. The van der Waals surface area contributed by atoms with Gasteiger partial charge < -0.3 is 11.1 Å². The van der Waals surface area contributed by atoms with Crippen LogP contribution in [-0.4, -0.2) is 11.9 Å². The first-order chi connectivity index (χ1) is 9.99. The number of thiol groups is 1. The van der Waals surface area contributed by atoms with Crippen molar-refractivity contribution >= 4 is 36.1 Å². The molecule has 0 aliphatic rings. The second-order valence-corrected chi connectivity index (χ2v) is 4.53. The standard InChI is InChI=1S/C14H12FN3O2S/c15-11-3-1-2-4-12(11)17-14(20)18(21)10-7-5-9(6-8-10)13(16)19/h1-8,21H,(H2,16,19)(H,17,20). The van der Waals surface area contributed by atoms with Gasteiger partial charge in [-0.15, -0.1) is 0 Å². The van der Waals surface area contributed by atoms with Crippen LogP contribution in [-0.2, 0) is 0 Å². The van der Waals surface area contributed by atoms with Crippen LogP contribution in [0.15, 0.2) is 48.5 Å². The van der Waals surface area contributed by atoms with E-state index in [1.807, 2.05) is 0 Å². The summed E-state index contributed by atoms with van der Waals surface area (Å²) in [5.74, 6) is -1.11. The summed E-state index contributed by atoms with van der Waals surface area (Å²) in [6.45, 7) is 0. The van der Waals surface area contributed by atoms with Gasteiger partial charge in [-0.2, -0.15) is 0 Å². The summed E-state index contributed by atoms with van der Waals surface area (Å²) in [6, 6.07) is 11.1. The molecule has 0 heterocycles. The molecule has 0 fully saturated rings. The third kappa shape index (κ3) is 3.51. The van der Waals surface area contributed by atoms with Gasteiger partial charge >= 0.3 is 6.03 Å². The van der Waals surface area contributed by atoms with E-state index in [0.29, 0.717) is 11.3 Å². The van der Waals surface area contributed by atoms with E-state index < -0.39 is 17.8 Å². The van der Waals surface area contributed by atoms with E-state index in [0.717, 1.165) is 4.31 Å². The largest absolute Gasteiger partial charge is 0.366 e. The Morgan fingerprint density at radius 1 is 1.10 bits per heavy atom. The van der Waals surface area contributed by atoms with Crippen LogP contribution in [0.5, 0.6) is 0 Å². The Labute approximate surface area is 126 Å². The Morgan fingerprint density at radius 3 is 2.29 bits per heavy atom. The average molecular weight is 305 g/mol. The molecule has 2 aromatic carbocycles. The molecule has 21 heavy (non-hydrogen) atoms. The van der Waals surface area contributed by atoms with Crippen molar-refractivity contribution in [2.75, 3.05) is 9.62 Å². The van der Waals surface area contributed by atoms with Crippen LogP contribution in [0.4, 0.5) is 20.6 Å². The molecule has 0 unspecified atom stereocenters. The molecule has 0 saturated heterocycles. The summed E-state index contributed by atoms with van der Waals surface area (Å²) in [6.07, 6.45) is 0. The molecule has 5 nitrogen and oxygen atoms in total. The van der Waals surface area contributed by atoms with E-state index in [2.05, 4.69) is 18.1 Å². The number of benzene rings is 2. The first kappa shape index (κ1) is 14.9. The van der Waals surface area contributed by atoms with Crippen LogP contribution in [0.2, 0.25) is 0 Å². The van der Waals surface area contributed by atoms with Crippen molar-refractivity contribution in [2.24, 2.45) is 5.73 Å². The third-order valence-corrected chi connectivity index (χ3v) is 3.12. The van der Waals surface area contributed by atoms with E-state index in [1.54, 1.807) is 6.07 Å². The van der Waals surface area contributed by atoms with Crippen molar-refractivity contribution in [2.45, 2.75) is 0 Å². The summed E-state index contributed by atoms with van der Waals surface area (Å²) < 4.78 is 14.4. The lowest BCUT2D eigenvalue weighted by Gasteiger charge is -2.17. The lowest BCUT2D eigenvalue weighted by molar-refractivity contribution is 0.100. The van der Waals surface area contributed by atoms with Crippen LogP contribution in [0, 0.1) is 5.82 Å². The van der Waals surface area contributed by atoms with Gasteiger partial charge in [-0.1, -0.05) is 24.9 Å². The number of anilines is 2. The van der Waals surface area contributed by atoms with Crippen molar-refractivity contribution in [3.05, 3.63) is 59.9 Å². The highest BCUT2D eigenvalue weighted by atomic mass is 32.1. The summed E-state index contributed by atoms with van der Waals surface area (Å²) in [4.78, 5) is 22.9. The van der Waals surface area contributed by atoms with Gasteiger partial charge in [0.05, 0.1) is 11.4 Å². The number of halogens is 1. The molecule has 0 aliphatic carbocycles. The smallest absolute Gasteiger partial charge is 0.336 e. The number of carbonyl (C=O) groups excluding carboxylic acids is 2. The van der Waals surface area contributed by atoms with Gasteiger partial charge in [0.15, 0.2) is 0 Å². The maximum absolute atomic E-state index is 13.4. The Balaban J connectivity index is 2.12. The van der Waals surface area contributed by atoms with E-state index >= 15 is 0 Å². The van der Waals surface area contributed by atoms with Gasteiger partial charge in [0.25, 0.3) is 0 Å². The zero-order valence-electron chi connectivity index (χ0n) is 10.8. The predicted molar refractivity (Wildman–Crippen MR) is 81.8 cm³/mol. The number of para-hydroxylation sites is 1. The van der Waals surface area contributed by atoms with E-state index in [4.69, 9.17) is 5.73 Å². The lowest BCUT2D eigenvalue weighted by Crippen LogP contribution is -2.27. The molecule has 0 radical (unpaired) electrons. The first-order valence-corrected chi connectivity index (χ1v) is 6.33. The van der Waals surface area contributed by atoms with Crippen molar-refractivity contribution < 1.29 is 14.0 Å². The van der Waals surface area contributed by atoms with E-state index in [9.17, 15) is 14.0 Å². The molecule has 108 valence electrons. The summed E-state index contributed by atoms with van der Waals surface area (Å²) in [5, 5.41) is 2.39. The fourth-order valence-corrected chi connectivity index (χ4v) is 1.80. The first-order valence-electron chi connectivity index (χ1n) is 5.93. The van der Waals surface area contributed by atoms with E-state index in [1.165, 1.54) is 42.5 Å². The number of carbonyl (C=O) groups is 2. The van der Waals surface area contributed by atoms with Gasteiger partial charge in [-0.25, -0.2) is 13.5 Å². The van der Waals surface area contributed by atoms with Gasteiger partial charge in [0.1, 0.15) is 5.82 Å². The lowest BCUT2D eigenvalue weighted by atomic mass is 10.2. The van der Waals surface area contributed by atoms with Gasteiger partial charge in [-0.3, -0.25) is 4.79 Å². The van der Waals surface area contributed by atoms with Gasteiger partial charge in [-0.05, 0) is 36.4 Å². The number of hydrogen-bond acceptors (Lipinski definition) is 3. The zero-order valence-corrected chi connectivity index (χ0v) is 11.7. The van der Waals surface area contributed by atoms with Crippen LogP contribution in [0.3, 0.4) is 0 Å². The SMILES string of the molecule is NC(=O)c1ccc(N(S)C(=O)Nc2ccccc2F)cc1. The molecule has 0 bridgehead atoms. The number of rotatable bonds is 3. The highest BCUT2D eigenvalue weighted by Gasteiger charge is 2.14. The minimum atomic E-state index is -0.629. The van der Waals surface area contributed by atoms with Crippen LogP contribution in [0.25, 0.3) is 0 Å². The minimum absolute atomic E-state index is 0.0512. The van der Waals surface area contributed by atoms with Crippen molar-refractivity contribution in [3.63, 3.8) is 0 Å². The second kappa shape index (κ2) is 6.27. The molecule has 2 rings (SSSR count). The maximum Gasteiger partial charge on any atom is 0.336 e. The Kier molecular flexibility index (Phi) is 4.44. The quantitative estimate of drug-likeness (QED) is 0.763. The summed E-state index contributed by atoms with van der Waals surface area (Å²) in [5.41, 5.74) is 5.91. The number of urea groups is 1. The molecule has 7 heteroatoms. The second-order valence-electron chi connectivity index (χ2n) is 4.13. The molecular formula is C14H12FN3O2S. The normalized spacial score (nSPS) is 10.0. The Bertz CT molecular complexity index is 676. The predicted octanol–water partition coefficient (Wildman–Crippen LogP) is 2.81. The number of hydrogen-bond donors (Lipinski definition) is 3. The number of nitrogens with one attached hydrogen (secondary N) is 1. The summed E-state index contributed by atoms with van der Waals surface area (Å²) >= 11 is 4.05. The number of primary amides is 1. The molecule has 0 atom stereocenters. The molecule has 0 aromatic heterocycles. The number of amides is 3. The Hall–Kier alpha value is -2.54. The van der Waals surface area contributed by atoms with Crippen LogP contribution < -0.4 is 15.4 Å². The molecule has 0 aliphatic heterocycles. The van der Waals surface area contributed by atoms with E-state index in [-0.39, 0.29) is 5.69 Å². The Morgan fingerprint density at radius 2 is 1.71 bits per heavy atom. The molecule has 2 aromatic rings. The molecule has 3 amide bonds. The van der Waals surface area contributed by atoms with Crippen LogP contribution >= 0.6 is 12.8 Å². The molecule has 3 N–H and O–H groups in total. The zero-order chi connectivity index (χ0) is 15.4. The van der Waals surface area contributed by atoms with Gasteiger partial charge in [0.2, 0.25) is 5.91 Å². The van der Waals surface area contributed by atoms with Crippen molar-refractivity contribution in [1.82, 2.24) is 0 Å². The average Bonchev–Trinajstić information content (AvgIpc) is 2.49. The van der Waals surface area contributed by atoms with Crippen LogP contribution in [0.1, 0.15) is 10.4 Å². The monoisotopic (exact) mass is 305 g/mol. The summed E-state index contributed by atoms with van der Waals surface area (Å²) in [7, 11) is 0. The fraction of sp³-hybridized carbons (Fsp3) is 0. The topological polar surface area (TPSA) is 75.4 Å². The molecular weight excluding hydrogens is 293 g/mol. The number of nitrogens with zero attached hydrogens (tertiary/aromatic N) is 1. The number of nitrogens with two attached hydrogens (primary N) is 1. The fourth-order valence-electron chi connectivity index (χ4n) is 1.61. The van der Waals surface area contributed by atoms with Gasteiger partial charge in [0, 0.05) is 5.56 Å². The highest BCUT2D eigenvalue weighted by molar-refractivity contribution is 7.82. The highest BCUT2D eigenvalue weighted by Crippen LogP contribution is 2.20. The minimum Gasteiger partial charge on any atom is -0.366 e. The third-order valence-electron chi connectivity index (χ3n) is 2.70. The van der Waals surface area contributed by atoms with Crippen molar-refractivity contribution in [1.29, 1.82) is 0 Å².